The van der Waals surface area contributed by atoms with E-state index in [4.69, 9.17) is 5.11 Å². The molecule has 7 heteroatoms. The van der Waals surface area contributed by atoms with Crippen molar-refractivity contribution in [3.63, 3.8) is 0 Å². The highest BCUT2D eigenvalue weighted by Gasteiger charge is 2.36. The molecule has 0 aliphatic carbocycles. The van der Waals surface area contributed by atoms with Crippen LogP contribution in [0.3, 0.4) is 0 Å². The Balaban J connectivity index is 1.92. The normalized spacial score (nSPS) is 26.8. The van der Waals surface area contributed by atoms with Crippen LogP contribution in [0.4, 0.5) is 4.79 Å². The summed E-state index contributed by atoms with van der Waals surface area (Å²) < 4.78 is 0. The number of rotatable bonds is 3. The SMILES string of the molecule is CC(C)[C@H](NC(=O)N1CCC2NC(=O)CCC2C1)C(=O)O. The third kappa shape index (κ3) is 3.65. The van der Waals surface area contributed by atoms with Crippen molar-refractivity contribution in [1.29, 1.82) is 0 Å². The molecule has 21 heavy (non-hydrogen) atoms. The second kappa shape index (κ2) is 6.32. The van der Waals surface area contributed by atoms with E-state index < -0.39 is 12.0 Å². The largest absolute Gasteiger partial charge is 0.480 e. The number of carbonyl (C=O) groups excluding carboxylic acids is 2. The van der Waals surface area contributed by atoms with Crippen molar-refractivity contribution in [2.75, 3.05) is 13.1 Å². The van der Waals surface area contributed by atoms with Crippen molar-refractivity contribution < 1.29 is 19.5 Å². The molecule has 0 spiro atoms. The van der Waals surface area contributed by atoms with Gasteiger partial charge in [-0.25, -0.2) is 9.59 Å². The molecule has 3 amide bonds. The van der Waals surface area contributed by atoms with Gasteiger partial charge in [0, 0.05) is 25.6 Å². The first-order chi connectivity index (χ1) is 9.88. The summed E-state index contributed by atoms with van der Waals surface area (Å²) in [4.78, 5) is 36.4. The van der Waals surface area contributed by atoms with Gasteiger partial charge in [-0.05, 0) is 24.7 Å². The summed E-state index contributed by atoms with van der Waals surface area (Å²) in [6.45, 7) is 4.64. The van der Waals surface area contributed by atoms with Gasteiger partial charge in [0.05, 0.1) is 0 Å². The van der Waals surface area contributed by atoms with E-state index in [9.17, 15) is 14.4 Å². The quantitative estimate of drug-likeness (QED) is 0.702. The van der Waals surface area contributed by atoms with Crippen molar-refractivity contribution in [1.82, 2.24) is 15.5 Å². The first kappa shape index (κ1) is 15.6. The summed E-state index contributed by atoms with van der Waals surface area (Å²) in [5.74, 6) is -0.833. The third-order valence-corrected chi connectivity index (χ3v) is 4.32. The summed E-state index contributed by atoms with van der Waals surface area (Å²) in [7, 11) is 0. The molecule has 2 fully saturated rings. The van der Waals surface area contributed by atoms with Crippen molar-refractivity contribution in [2.24, 2.45) is 11.8 Å². The Bertz CT molecular complexity index is 438. The highest BCUT2D eigenvalue weighted by atomic mass is 16.4. The number of amides is 3. The van der Waals surface area contributed by atoms with E-state index in [-0.39, 0.29) is 29.8 Å². The lowest BCUT2D eigenvalue weighted by atomic mass is 9.85. The number of likely N-dealkylation sites (tertiary alicyclic amines) is 1. The van der Waals surface area contributed by atoms with Gasteiger partial charge < -0.3 is 20.6 Å². The maximum atomic E-state index is 12.2. The molecule has 2 unspecified atom stereocenters. The average molecular weight is 297 g/mol. The molecule has 3 atom stereocenters. The molecule has 0 aromatic carbocycles. The monoisotopic (exact) mass is 297 g/mol. The van der Waals surface area contributed by atoms with Crippen LogP contribution >= 0.6 is 0 Å². The van der Waals surface area contributed by atoms with Crippen LogP contribution < -0.4 is 10.6 Å². The minimum atomic E-state index is -1.02. The fourth-order valence-electron chi connectivity index (χ4n) is 3.03. The van der Waals surface area contributed by atoms with Crippen LogP contribution in [0.2, 0.25) is 0 Å². The fourth-order valence-corrected chi connectivity index (χ4v) is 3.03. The molecule has 2 aliphatic rings. The van der Waals surface area contributed by atoms with Crippen LogP contribution in [0.15, 0.2) is 0 Å². The number of nitrogens with zero attached hydrogens (tertiary/aromatic N) is 1. The molecule has 0 saturated carbocycles. The Labute approximate surface area is 124 Å². The molecule has 2 rings (SSSR count). The zero-order chi connectivity index (χ0) is 15.6. The van der Waals surface area contributed by atoms with E-state index >= 15 is 0 Å². The van der Waals surface area contributed by atoms with Gasteiger partial charge in [-0.2, -0.15) is 0 Å². The molecule has 0 bridgehead atoms. The van der Waals surface area contributed by atoms with Crippen molar-refractivity contribution in [3.8, 4) is 0 Å². The topological polar surface area (TPSA) is 98.7 Å². The molecule has 0 aromatic rings. The van der Waals surface area contributed by atoms with E-state index in [1.54, 1.807) is 18.7 Å². The van der Waals surface area contributed by atoms with Gasteiger partial charge >= 0.3 is 12.0 Å². The third-order valence-electron chi connectivity index (χ3n) is 4.32. The molecule has 3 N–H and O–H groups in total. The van der Waals surface area contributed by atoms with Crippen molar-refractivity contribution in [2.45, 2.75) is 45.2 Å². The highest BCUT2D eigenvalue weighted by Crippen LogP contribution is 2.25. The number of carbonyl (C=O) groups is 3. The summed E-state index contributed by atoms with van der Waals surface area (Å²) >= 11 is 0. The molecule has 2 aliphatic heterocycles. The molecule has 2 saturated heterocycles. The molecule has 0 aromatic heterocycles. The number of aliphatic carboxylic acids is 1. The number of carboxylic acids is 1. The van der Waals surface area contributed by atoms with Gasteiger partial charge in [0.15, 0.2) is 0 Å². The number of piperidine rings is 2. The van der Waals surface area contributed by atoms with E-state index in [1.165, 1.54) is 0 Å². The van der Waals surface area contributed by atoms with Crippen LogP contribution in [-0.2, 0) is 9.59 Å². The van der Waals surface area contributed by atoms with Crippen LogP contribution in [0.1, 0.15) is 33.1 Å². The summed E-state index contributed by atoms with van der Waals surface area (Å²) in [5.41, 5.74) is 0. The Morgan fingerprint density at radius 1 is 1.38 bits per heavy atom. The number of urea groups is 1. The lowest BCUT2D eigenvalue weighted by molar-refractivity contribution is -0.140. The second-order valence-corrected chi connectivity index (χ2v) is 6.22. The Morgan fingerprint density at radius 3 is 2.71 bits per heavy atom. The van der Waals surface area contributed by atoms with Gasteiger partial charge in [-0.15, -0.1) is 0 Å². The molecular formula is C14H23N3O4. The molecule has 2 heterocycles. The second-order valence-electron chi connectivity index (χ2n) is 6.22. The number of hydrogen-bond donors (Lipinski definition) is 3. The summed E-state index contributed by atoms with van der Waals surface area (Å²) in [6.07, 6.45) is 2.01. The number of fused-ring (bicyclic) bond motifs is 1. The molecule has 118 valence electrons. The maximum Gasteiger partial charge on any atom is 0.326 e. The Morgan fingerprint density at radius 2 is 2.10 bits per heavy atom. The predicted molar refractivity (Wildman–Crippen MR) is 75.6 cm³/mol. The van der Waals surface area contributed by atoms with E-state index in [2.05, 4.69) is 10.6 Å². The zero-order valence-corrected chi connectivity index (χ0v) is 12.5. The van der Waals surface area contributed by atoms with E-state index in [0.29, 0.717) is 19.5 Å². The smallest absolute Gasteiger partial charge is 0.326 e. The minimum absolute atomic E-state index is 0.0832. The number of nitrogens with one attached hydrogen (secondary N) is 2. The summed E-state index contributed by atoms with van der Waals surface area (Å²) in [6, 6.07) is -1.05. The predicted octanol–water partition coefficient (Wildman–Crippen LogP) is 0.406. The first-order valence-electron chi connectivity index (χ1n) is 7.46. The van der Waals surface area contributed by atoms with Crippen molar-refractivity contribution >= 4 is 17.9 Å². The van der Waals surface area contributed by atoms with Gasteiger partial charge in [-0.3, -0.25) is 4.79 Å². The molecule has 7 nitrogen and oxygen atoms in total. The van der Waals surface area contributed by atoms with Crippen LogP contribution in [-0.4, -0.2) is 53.1 Å². The highest BCUT2D eigenvalue weighted by molar-refractivity contribution is 5.83. The van der Waals surface area contributed by atoms with Gasteiger partial charge in [0.1, 0.15) is 6.04 Å². The number of hydrogen-bond acceptors (Lipinski definition) is 3. The van der Waals surface area contributed by atoms with Crippen LogP contribution in [0, 0.1) is 11.8 Å². The summed E-state index contributed by atoms with van der Waals surface area (Å²) in [5, 5.41) is 14.7. The van der Waals surface area contributed by atoms with Gasteiger partial charge in [0.2, 0.25) is 5.91 Å². The van der Waals surface area contributed by atoms with Crippen LogP contribution in [0.5, 0.6) is 0 Å². The van der Waals surface area contributed by atoms with Crippen LogP contribution in [0.25, 0.3) is 0 Å². The lowest BCUT2D eigenvalue weighted by Crippen LogP contribution is -2.58. The average Bonchev–Trinajstić information content (AvgIpc) is 2.43. The Hall–Kier alpha value is -1.79. The maximum absolute atomic E-state index is 12.2. The van der Waals surface area contributed by atoms with Crippen molar-refractivity contribution in [3.05, 3.63) is 0 Å². The minimum Gasteiger partial charge on any atom is -0.480 e. The molecular weight excluding hydrogens is 274 g/mol. The van der Waals surface area contributed by atoms with Gasteiger partial charge in [-0.1, -0.05) is 13.8 Å². The van der Waals surface area contributed by atoms with E-state index in [0.717, 1.165) is 12.8 Å². The lowest BCUT2D eigenvalue weighted by Gasteiger charge is -2.41. The first-order valence-corrected chi connectivity index (χ1v) is 7.46. The molecule has 0 radical (unpaired) electrons. The standard InChI is InChI=1S/C14H23N3O4/c1-8(2)12(13(19)20)16-14(21)17-6-5-10-9(7-17)3-4-11(18)15-10/h8-10,12H,3-7H2,1-2H3,(H,15,18)(H,16,21)(H,19,20)/t9?,10?,12-/m0/s1. The van der Waals surface area contributed by atoms with E-state index in [1.807, 2.05) is 0 Å². The Kier molecular flexibility index (Phi) is 4.69. The van der Waals surface area contributed by atoms with Gasteiger partial charge in [0.25, 0.3) is 0 Å². The fraction of sp³-hybridized carbons (Fsp3) is 0.786. The zero-order valence-electron chi connectivity index (χ0n) is 12.5. The number of carboxylic acid groups (broad SMARTS) is 1.